The van der Waals surface area contributed by atoms with Gasteiger partial charge in [-0.1, -0.05) is 42.5 Å². The Bertz CT molecular complexity index is 656. The van der Waals surface area contributed by atoms with Crippen LogP contribution in [0, 0.1) is 5.82 Å². The molecule has 5 heteroatoms. The minimum Gasteiger partial charge on any atom is -0.459 e. The van der Waals surface area contributed by atoms with Crippen molar-refractivity contribution in [3.63, 3.8) is 0 Å². The molecular formula is C18H18FNO3. The lowest BCUT2D eigenvalue weighted by Crippen LogP contribution is -2.42. The van der Waals surface area contributed by atoms with Crippen LogP contribution in [0.2, 0.25) is 0 Å². The third-order valence-corrected chi connectivity index (χ3v) is 3.24. The van der Waals surface area contributed by atoms with Crippen molar-refractivity contribution in [3.8, 4) is 0 Å². The van der Waals surface area contributed by atoms with Gasteiger partial charge in [-0.15, -0.1) is 0 Å². The van der Waals surface area contributed by atoms with Crippen LogP contribution in [-0.2, 0) is 27.4 Å². The Morgan fingerprint density at radius 2 is 1.70 bits per heavy atom. The summed E-state index contributed by atoms with van der Waals surface area (Å²) in [7, 11) is 0. The molecule has 0 aliphatic heterocycles. The molecule has 2 aromatic carbocycles. The molecule has 120 valence electrons. The third-order valence-electron chi connectivity index (χ3n) is 3.24. The van der Waals surface area contributed by atoms with E-state index in [1.54, 1.807) is 12.1 Å². The first-order chi connectivity index (χ1) is 11.0. The van der Waals surface area contributed by atoms with Crippen LogP contribution in [0.3, 0.4) is 0 Å². The van der Waals surface area contributed by atoms with Crippen molar-refractivity contribution < 1.29 is 18.7 Å². The van der Waals surface area contributed by atoms with Crippen LogP contribution >= 0.6 is 0 Å². The topological polar surface area (TPSA) is 55.4 Å². The number of amides is 1. The van der Waals surface area contributed by atoms with Gasteiger partial charge in [-0.3, -0.25) is 4.79 Å². The van der Waals surface area contributed by atoms with E-state index in [9.17, 15) is 14.0 Å². The average molecular weight is 315 g/mol. The number of esters is 1. The van der Waals surface area contributed by atoms with E-state index in [1.165, 1.54) is 19.1 Å². The number of halogens is 1. The van der Waals surface area contributed by atoms with Gasteiger partial charge in [0, 0.05) is 13.3 Å². The lowest BCUT2D eigenvalue weighted by atomic mass is 10.1. The highest BCUT2D eigenvalue weighted by atomic mass is 19.1. The minimum atomic E-state index is -0.804. The van der Waals surface area contributed by atoms with Gasteiger partial charge in [-0.2, -0.15) is 0 Å². The molecule has 0 bridgehead atoms. The van der Waals surface area contributed by atoms with Crippen LogP contribution < -0.4 is 5.32 Å². The Labute approximate surface area is 134 Å². The molecule has 0 aromatic heterocycles. The van der Waals surface area contributed by atoms with Crippen molar-refractivity contribution in [2.24, 2.45) is 0 Å². The summed E-state index contributed by atoms with van der Waals surface area (Å²) in [5, 5.41) is 2.57. The maximum Gasteiger partial charge on any atom is 0.329 e. The van der Waals surface area contributed by atoms with Gasteiger partial charge in [0.25, 0.3) is 0 Å². The molecule has 0 saturated carbocycles. The molecule has 0 heterocycles. The second-order valence-electron chi connectivity index (χ2n) is 5.18. The second kappa shape index (κ2) is 8.08. The van der Waals surface area contributed by atoms with Crippen LogP contribution in [0.25, 0.3) is 0 Å². The Kier molecular flexibility index (Phi) is 5.86. The Hall–Kier alpha value is -2.69. The maximum absolute atomic E-state index is 12.9. The third kappa shape index (κ3) is 5.54. The normalized spacial score (nSPS) is 11.6. The van der Waals surface area contributed by atoms with Crippen LogP contribution in [0.4, 0.5) is 4.39 Å². The summed E-state index contributed by atoms with van der Waals surface area (Å²) in [4.78, 5) is 23.5. The van der Waals surface area contributed by atoms with E-state index in [0.29, 0.717) is 0 Å². The summed E-state index contributed by atoms with van der Waals surface area (Å²) < 4.78 is 18.2. The van der Waals surface area contributed by atoms with Gasteiger partial charge < -0.3 is 10.1 Å². The summed E-state index contributed by atoms with van der Waals surface area (Å²) in [6.07, 6.45) is 0.244. The van der Waals surface area contributed by atoms with E-state index >= 15 is 0 Å². The zero-order valence-electron chi connectivity index (χ0n) is 12.8. The summed E-state index contributed by atoms with van der Waals surface area (Å²) in [6.45, 7) is 1.47. The summed E-state index contributed by atoms with van der Waals surface area (Å²) >= 11 is 0. The fourth-order valence-corrected chi connectivity index (χ4v) is 2.12. The first-order valence-electron chi connectivity index (χ1n) is 7.26. The van der Waals surface area contributed by atoms with Gasteiger partial charge in [0.15, 0.2) is 0 Å². The predicted octanol–water partition coefficient (Wildman–Crippen LogP) is 2.62. The van der Waals surface area contributed by atoms with Crippen LogP contribution in [0.5, 0.6) is 0 Å². The molecule has 4 nitrogen and oxygen atoms in total. The molecule has 0 saturated heterocycles. The molecule has 2 rings (SSSR count). The van der Waals surface area contributed by atoms with E-state index in [-0.39, 0.29) is 24.8 Å². The highest BCUT2D eigenvalue weighted by Crippen LogP contribution is 2.08. The van der Waals surface area contributed by atoms with Crippen molar-refractivity contribution in [1.82, 2.24) is 5.32 Å². The molecule has 0 spiro atoms. The van der Waals surface area contributed by atoms with E-state index < -0.39 is 12.0 Å². The second-order valence-corrected chi connectivity index (χ2v) is 5.18. The average Bonchev–Trinajstić information content (AvgIpc) is 2.54. The van der Waals surface area contributed by atoms with E-state index in [4.69, 9.17) is 4.74 Å². The lowest BCUT2D eigenvalue weighted by Gasteiger charge is -2.17. The number of hydrogen-bond acceptors (Lipinski definition) is 3. The smallest absolute Gasteiger partial charge is 0.329 e. The fourth-order valence-electron chi connectivity index (χ4n) is 2.12. The van der Waals surface area contributed by atoms with Crippen molar-refractivity contribution in [1.29, 1.82) is 0 Å². The Morgan fingerprint density at radius 1 is 1.04 bits per heavy atom. The molecule has 0 aliphatic carbocycles. The number of carbonyl (C=O) groups is 2. The van der Waals surface area contributed by atoms with E-state index in [2.05, 4.69) is 5.32 Å². The van der Waals surface area contributed by atoms with Gasteiger partial charge in [-0.05, 0) is 23.3 Å². The molecule has 1 amide bonds. The zero-order valence-corrected chi connectivity index (χ0v) is 12.8. The standard InChI is InChI=1S/C18H18FNO3/c1-13(21)20-17(11-14-7-9-16(19)10-8-14)18(22)23-12-15-5-3-2-4-6-15/h2-10,17H,11-12H2,1H3,(H,20,21)/t17-/m0/s1. The molecule has 2 aromatic rings. The molecule has 0 aliphatic rings. The largest absolute Gasteiger partial charge is 0.459 e. The number of benzene rings is 2. The Balaban J connectivity index is 2.00. The van der Waals surface area contributed by atoms with Crippen molar-refractivity contribution in [2.75, 3.05) is 0 Å². The van der Waals surface area contributed by atoms with Gasteiger partial charge >= 0.3 is 5.97 Å². The van der Waals surface area contributed by atoms with Gasteiger partial charge in [0.05, 0.1) is 0 Å². The summed E-state index contributed by atoms with van der Waals surface area (Å²) in [6, 6.07) is 14.3. The zero-order chi connectivity index (χ0) is 16.7. The van der Waals surface area contributed by atoms with E-state index in [0.717, 1.165) is 11.1 Å². The predicted molar refractivity (Wildman–Crippen MR) is 83.9 cm³/mol. The number of rotatable bonds is 6. The van der Waals surface area contributed by atoms with Crippen LogP contribution in [0.1, 0.15) is 18.1 Å². The number of ether oxygens (including phenoxy) is 1. The summed E-state index contributed by atoms with van der Waals surface area (Å²) in [5.74, 6) is -1.20. The monoisotopic (exact) mass is 315 g/mol. The first-order valence-corrected chi connectivity index (χ1v) is 7.26. The van der Waals surface area contributed by atoms with Gasteiger partial charge in [0.1, 0.15) is 18.5 Å². The van der Waals surface area contributed by atoms with Gasteiger partial charge in [0.2, 0.25) is 5.91 Å². The highest BCUT2D eigenvalue weighted by Gasteiger charge is 2.21. The number of carbonyl (C=O) groups excluding carboxylic acids is 2. The quantitative estimate of drug-likeness (QED) is 0.834. The number of nitrogens with one attached hydrogen (secondary N) is 1. The lowest BCUT2D eigenvalue weighted by molar-refractivity contribution is -0.149. The van der Waals surface area contributed by atoms with Crippen molar-refractivity contribution in [3.05, 3.63) is 71.5 Å². The SMILES string of the molecule is CC(=O)N[C@@H](Cc1ccc(F)cc1)C(=O)OCc1ccccc1. The highest BCUT2D eigenvalue weighted by molar-refractivity contribution is 5.83. The molecule has 0 unspecified atom stereocenters. The minimum absolute atomic E-state index is 0.138. The maximum atomic E-state index is 12.9. The molecule has 23 heavy (non-hydrogen) atoms. The molecule has 1 atom stereocenters. The number of hydrogen-bond donors (Lipinski definition) is 1. The van der Waals surface area contributed by atoms with Crippen LogP contribution in [-0.4, -0.2) is 17.9 Å². The summed E-state index contributed by atoms with van der Waals surface area (Å²) in [5.41, 5.74) is 1.60. The molecule has 0 fully saturated rings. The first kappa shape index (κ1) is 16.7. The van der Waals surface area contributed by atoms with Crippen molar-refractivity contribution in [2.45, 2.75) is 26.0 Å². The van der Waals surface area contributed by atoms with Crippen molar-refractivity contribution >= 4 is 11.9 Å². The molecule has 0 radical (unpaired) electrons. The van der Waals surface area contributed by atoms with Crippen LogP contribution in [0.15, 0.2) is 54.6 Å². The van der Waals surface area contributed by atoms with Gasteiger partial charge in [-0.25, -0.2) is 9.18 Å². The molecular weight excluding hydrogens is 297 g/mol. The molecule has 1 N–H and O–H groups in total. The Morgan fingerprint density at radius 3 is 2.30 bits per heavy atom. The fraction of sp³-hybridized carbons (Fsp3) is 0.222. The van der Waals surface area contributed by atoms with E-state index in [1.807, 2.05) is 30.3 Å².